The van der Waals surface area contributed by atoms with E-state index in [1.54, 1.807) is 7.11 Å². The van der Waals surface area contributed by atoms with Crippen molar-refractivity contribution in [1.82, 2.24) is 0 Å². The zero-order chi connectivity index (χ0) is 14.7. The van der Waals surface area contributed by atoms with Gasteiger partial charge in [0.2, 0.25) is 5.91 Å². The van der Waals surface area contributed by atoms with Crippen molar-refractivity contribution in [2.45, 2.75) is 19.1 Å². The van der Waals surface area contributed by atoms with Gasteiger partial charge in [-0.15, -0.1) is 0 Å². The number of hydrogen-bond acceptors (Lipinski definition) is 3. The molecule has 2 aromatic rings. The maximum Gasteiger partial charge on any atom is 0.247 e. The Morgan fingerprint density at radius 3 is 2.81 bits per heavy atom. The first kappa shape index (κ1) is 13.6. The molecule has 0 saturated carbocycles. The molecule has 1 amide bonds. The van der Waals surface area contributed by atoms with Crippen molar-refractivity contribution >= 4 is 17.3 Å². The number of methoxy groups -OCH3 is 1. The van der Waals surface area contributed by atoms with Gasteiger partial charge in [-0.2, -0.15) is 0 Å². The number of ether oxygens (including phenoxy) is 1. The van der Waals surface area contributed by atoms with Crippen LogP contribution in [0.2, 0.25) is 0 Å². The summed E-state index contributed by atoms with van der Waals surface area (Å²) in [6, 6.07) is 15.5. The molecular weight excluding hydrogens is 264 g/mol. The second-order valence-corrected chi connectivity index (χ2v) is 5.14. The Morgan fingerprint density at radius 2 is 2.00 bits per heavy atom. The van der Waals surface area contributed by atoms with Crippen molar-refractivity contribution in [2.75, 3.05) is 17.7 Å². The minimum absolute atomic E-state index is 0.0187. The molecule has 0 aliphatic carbocycles. The maximum atomic E-state index is 12.4. The summed E-state index contributed by atoms with van der Waals surface area (Å²) in [5.74, 6) is -0.0187. The van der Waals surface area contributed by atoms with Crippen LogP contribution in [-0.2, 0) is 22.6 Å². The van der Waals surface area contributed by atoms with Crippen molar-refractivity contribution in [3.8, 4) is 0 Å². The molecule has 1 aliphatic heterocycles. The monoisotopic (exact) mass is 282 g/mol. The Balaban J connectivity index is 1.71. The number of para-hydroxylation sites is 2. The van der Waals surface area contributed by atoms with E-state index in [-0.39, 0.29) is 11.9 Å². The predicted octanol–water partition coefficient (Wildman–Crippen LogP) is 2.81. The van der Waals surface area contributed by atoms with Crippen LogP contribution in [0.3, 0.4) is 0 Å². The Kier molecular flexibility index (Phi) is 3.88. The SMILES string of the molecule is COCc1ccccc1NC(=O)[C@@H]1Cc2ccccc2N1. The number of fused-ring (bicyclic) bond motifs is 1. The summed E-state index contributed by atoms with van der Waals surface area (Å²) in [6.45, 7) is 0.481. The lowest BCUT2D eigenvalue weighted by Crippen LogP contribution is -2.33. The molecular formula is C17H18N2O2. The zero-order valence-electron chi connectivity index (χ0n) is 11.9. The summed E-state index contributed by atoms with van der Waals surface area (Å²) < 4.78 is 5.16. The fraction of sp³-hybridized carbons (Fsp3) is 0.235. The quantitative estimate of drug-likeness (QED) is 0.906. The molecule has 2 N–H and O–H groups in total. The smallest absolute Gasteiger partial charge is 0.247 e. The van der Waals surface area contributed by atoms with Crippen molar-refractivity contribution in [2.24, 2.45) is 0 Å². The molecule has 0 unspecified atom stereocenters. The van der Waals surface area contributed by atoms with E-state index in [0.29, 0.717) is 13.0 Å². The van der Waals surface area contributed by atoms with Crippen LogP contribution in [0.4, 0.5) is 11.4 Å². The molecule has 1 heterocycles. The van der Waals surface area contributed by atoms with Crippen molar-refractivity contribution in [1.29, 1.82) is 0 Å². The summed E-state index contributed by atoms with van der Waals surface area (Å²) in [5.41, 5.74) is 4.01. The Labute approximate surface area is 124 Å². The van der Waals surface area contributed by atoms with Crippen LogP contribution >= 0.6 is 0 Å². The van der Waals surface area contributed by atoms with Gasteiger partial charge >= 0.3 is 0 Å². The summed E-state index contributed by atoms with van der Waals surface area (Å²) in [7, 11) is 1.65. The standard InChI is InChI=1S/C17H18N2O2/c1-21-11-13-7-3-5-9-15(13)19-17(20)16-10-12-6-2-4-8-14(12)18-16/h2-9,16,18H,10-11H2,1H3,(H,19,20)/t16-/m0/s1. The highest BCUT2D eigenvalue weighted by molar-refractivity contribution is 5.98. The van der Waals surface area contributed by atoms with Crippen LogP contribution in [-0.4, -0.2) is 19.1 Å². The van der Waals surface area contributed by atoms with Crippen LogP contribution in [0.5, 0.6) is 0 Å². The molecule has 4 heteroatoms. The molecule has 2 aromatic carbocycles. The second kappa shape index (κ2) is 5.97. The molecule has 4 nitrogen and oxygen atoms in total. The van der Waals surface area contributed by atoms with Crippen LogP contribution in [0.1, 0.15) is 11.1 Å². The highest BCUT2D eigenvalue weighted by atomic mass is 16.5. The molecule has 21 heavy (non-hydrogen) atoms. The first-order chi connectivity index (χ1) is 10.3. The minimum Gasteiger partial charge on any atom is -0.380 e. The van der Waals surface area contributed by atoms with Crippen LogP contribution in [0, 0.1) is 0 Å². The van der Waals surface area contributed by atoms with Gasteiger partial charge in [0.1, 0.15) is 6.04 Å². The second-order valence-electron chi connectivity index (χ2n) is 5.14. The fourth-order valence-corrected chi connectivity index (χ4v) is 2.60. The van der Waals surface area contributed by atoms with E-state index in [1.807, 2.05) is 42.5 Å². The number of hydrogen-bond donors (Lipinski definition) is 2. The number of amides is 1. The minimum atomic E-state index is -0.224. The molecule has 0 radical (unpaired) electrons. The average molecular weight is 282 g/mol. The van der Waals surface area contributed by atoms with Crippen molar-refractivity contribution in [3.63, 3.8) is 0 Å². The molecule has 0 aromatic heterocycles. The highest BCUT2D eigenvalue weighted by Gasteiger charge is 2.26. The van der Waals surface area contributed by atoms with E-state index in [4.69, 9.17) is 4.74 Å². The van der Waals surface area contributed by atoms with E-state index in [2.05, 4.69) is 16.7 Å². The third-order valence-electron chi connectivity index (χ3n) is 3.66. The summed E-state index contributed by atoms with van der Waals surface area (Å²) in [5, 5.41) is 6.25. The van der Waals surface area contributed by atoms with Gasteiger partial charge in [-0.25, -0.2) is 0 Å². The molecule has 0 spiro atoms. The van der Waals surface area contributed by atoms with E-state index in [1.165, 1.54) is 5.56 Å². The van der Waals surface area contributed by atoms with Gasteiger partial charge in [-0.3, -0.25) is 4.79 Å². The predicted molar refractivity (Wildman–Crippen MR) is 83.3 cm³/mol. The van der Waals surface area contributed by atoms with Crippen LogP contribution < -0.4 is 10.6 Å². The van der Waals surface area contributed by atoms with Gasteiger partial charge in [-0.05, 0) is 17.7 Å². The Hall–Kier alpha value is -2.33. The number of carbonyl (C=O) groups excluding carboxylic acids is 1. The molecule has 1 aliphatic rings. The summed E-state index contributed by atoms with van der Waals surface area (Å²) in [6.07, 6.45) is 0.717. The van der Waals surface area contributed by atoms with Gasteiger partial charge in [0.25, 0.3) is 0 Å². The lowest BCUT2D eigenvalue weighted by atomic mass is 10.1. The molecule has 1 atom stereocenters. The number of rotatable bonds is 4. The molecule has 0 saturated heterocycles. The van der Waals surface area contributed by atoms with Crippen LogP contribution in [0.25, 0.3) is 0 Å². The van der Waals surface area contributed by atoms with Crippen molar-refractivity contribution < 1.29 is 9.53 Å². The normalized spacial score (nSPS) is 16.1. The van der Waals surface area contributed by atoms with E-state index >= 15 is 0 Å². The third-order valence-corrected chi connectivity index (χ3v) is 3.66. The van der Waals surface area contributed by atoms with Gasteiger partial charge in [-0.1, -0.05) is 36.4 Å². The largest absolute Gasteiger partial charge is 0.380 e. The lowest BCUT2D eigenvalue weighted by molar-refractivity contribution is -0.116. The number of nitrogens with one attached hydrogen (secondary N) is 2. The third kappa shape index (κ3) is 2.90. The summed E-state index contributed by atoms with van der Waals surface area (Å²) in [4.78, 5) is 12.4. The van der Waals surface area contributed by atoms with E-state index in [9.17, 15) is 4.79 Å². The van der Waals surface area contributed by atoms with Gasteiger partial charge in [0.05, 0.1) is 6.61 Å². The Bertz CT molecular complexity index is 630. The number of carbonyl (C=O) groups is 1. The van der Waals surface area contributed by atoms with E-state index < -0.39 is 0 Å². The fourth-order valence-electron chi connectivity index (χ4n) is 2.60. The number of benzene rings is 2. The maximum absolute atomic E-state index is 12.4. The van der Waals surface area contributed by atoms with E-state index in [0.717, 1.165) is 16.9 Å². The van der Waals surface area contributed by atoms with Gasteiger partial charge in [0.15, 0.2) is 0 Å². The highest BCUT2D eigenvalue weighted by Crippen LogP contribution is 2.26. The molecule has 0 bridgehead atoms. The zero-order valence-corrected chi connectivity index (χ0v) is 11.9. The first-order valence-corrected chi connectivity index (χ1v) is 7.00. The molecule has 108 valence electrons. The average Bonchev–Trinajstić information content (AvgIpc) is 2.93. The molecule has 3 rings (SSSR count). The van der Waals surface area contributed by atoms with Gasteiger partial charge in [0, 0.05) is 30.5 Å². The molecule has 0 fully saturated rings. The lowest BCUT2D eigenvalue weighted by Gasteiger charge is -2.14. The summed E-state index contributed by atoms with van der Waals surface area (Å²) >= 11 is 0. The van der Waals surface area contributed by atoms with Crippen LogP contribution in [0.15, 0.2) is 48.5 Å². The number of anilines is 2. The first-order valence-electron chi connectivity index (χ1n) is 7.00. The van der Waals surface area contributed by atoms with Gasteiger partial charge < -0.3 is 15.4 Å². The van der Waals surface area contributed by atoms with Crippen molar-refractivity contribution in [3.05, 3.63) is 59.7 Å². The topological polar surface area (TPSA) is 50.4 Å². The Morgan fingerprint density at radius 1 is 1.24 bits per heavy atom.